The first-order valence-electron chi connectivity index (χ1n) is 2.59. The number of nitrogens with zero attached hydrogens (tertiary/aromatic N) is 1. The van der Waals surface area contributed by atoms with Crippen LogP contribution in [0.25, 0.3) is 0 Å². The predicted octanol–water partition coefficient (Wildman–Crippen LogP) is 0.868. The molecule has 1 rings (SSSR count). The van der Waals surface area contributed by atoms with Gasteiger partial charge in [0.2, 0.25) is 0 Å². The lowest BCUT2D eigenvalue weighted by molar-refractivity contribution is 0.476. The molecule has 0 radical (unpaired) electrons. The Kier molecular flexibility index (Phi) is 1.68. The highest BCUT2D eigenvalue weighted by Crippen LogP contribution is 2.24. The van der Waals surface area contributed by atoms with E-state index in [1.54, 1.807) is 12.4 Å². The summed E-state index contributed by atoms with van der Waals surface area (Å²) in [5.74, 6) is 0. The van der Waals surface area contributed by atoms with Crippen LogP contribution in [0.15, 0.2) is 5.51 Å². The van der Waals surface area contributed by atoms with Gasteiger partial charge in [-0.2, -0.15) is 0 Å². The van der Waals surface area contributed by atoms with Crippen LogP contribution in [0.4, 0.5) is 0 Å². The van der Waals surface area contributed by atoms with Crippen molar-refractivity contribution in [2.45, 2.75) is 13.0 Å². The van der Waals surface area contributed by atoms with E-state index in [1.807, 2.05) is 0 Å². The second kappa shape index (κ2) is 2.33. The van der Waals surface area contributed by atoms with Gasteiger partial charge in [0.1, 0.15) is 5.69 Å². The van der Waals surface area contributed by atoms with Gasteiger partial charge < -0.3 is 10.8 Å². The minimum absolute atomic E-state index is 0.170. The highest BCUT2D eigenvalue weighted by molar-refractivity contribution is 7.11. The summed E-state index contributed by atoms with van der Waals surface area (Å²) in [5.41, 5.74) is 7.60. The maximum Gasteiger partial charge on any atom is 0.196 e. The Morgan fingerprint density at radius 1 is 1.89 bits per heavy atom. The zero-order chi connectivity index (χ0) is 6.85. The van der Waals surface area contributed by atoms with Gasteiger partial charge in [-0.15, -0.1) is 0 Å². The summed E-state index contributed by atoms with van der Waals surface area (Å²) >= 11 is 1.20. The molecule has 1 unspecified atom stereocenters. The van der Waals surface area contributed by atoms with Crippen LogP contribution in [0.3, 0.4) is 0 Å². The van der Waals surface area contributed by atoms with Gasteiger partial charge in [0.05, 0.1) is 5.51 Å². The molecule has 0 saturated carbocycles. The van der Waals surface area contributed by atoms with Gasteiger partial charge in [0.25, 0.3) is 0 Å². The molecule has 0 fully saturated rings. The summed E-state index contributed by atoms with van der Waals surface area (Å²) < 4.78 is 0. The highest BCUT2D eigenvalue weighted by Gasteiger charge is 2.07. The van der Waals surface area contributed by atoms with Crippen molar-refractivity contribution in [1.82, 2.24) is 4.98 Å². The molecule has 0 amide bonds. The summed E-state index contributed by atoms with van der Waals surface area (Å²) in [6.45, 7) is 1.79. The number of aromatic hydroxyl groups is 1. The maximum atomic E-state index is 9.00. The smallest absolute Gasteiger partial charge is 0.196 e. The van der Waals surface area contributed by atoms with E-state index in [4.69, 9.17) is 10.8 Å². The topological polar surface area (TPSA) is 59.1 Å². The first-order chi connectivity index (χ1) is 4.22. The Labute approximate surface area is 57.2 Å². The van der Waals surface area contributed by atoms with Gasteiger partial charge in [0.15, 0.2) is 5.06 Å². The van der Waals surface area contributed by atoms with E-state index >= 15 is 0 Å². The van der Waals surface area contributed by atoms with Gasteiger partial charge in [-0.3, -0.25) is 0 Å². The van der Waals surface area contributed by atoms with E-state index in [0.717, 1.165) is 0 Å². The number of nitrogens with two attached hydrogens (primary N) is 1. The van der Waals surface area contributed by atoms with Crippen molar-refractivity contribution in [3.63, 3.8) is 0 Å². The summed E-state index contributed by atoms with van der Waals surface area (Å²) in [6, 6.07) is -0.170. The molecule has 1 atom stereocenters. The normalized spacial score (nSPS) is 13.6. The Morgan fingerprint density at radius 3 is 2.78 bits per heavy atom. The zero-order valence-electron chi connectivity index (χ0n) is 5.03. The van der Waals surface area contributed by atoms with E-state index in [-0.39, 0.29) is 11.1 Å². The fourth-order valence-corrected chi connectivity index (χ4v) is 1.19. The van der Waals surface area contributed by atoms with Crippen molar-refractivity contribution >= 4 is 11.3 Å². The lowest BCUT2D eigenvalue weighted by atomic mass is 10.3. The molecule has 0 spiro atoms. The van der Waals surface area contributed by atoms with Crippen LogP contribution in [0.2, 0.25) is 0 Å². The van der Waals surface area contributed by atoms with Gasteiger partial charge in [-0.1, -0.05) is 11.3 Å². The van der Waals surface area contributed by atoms with Crippen molar-refractivity contribution in [1.29, 1.82) is 0 Å². The molecular weight excluding hydrogens is 136 g/mol. The lowest BCUT2D eigenvalue weighted by Crippen LogP contribution is -2.04. The van der Waals surface area contributed by atoms with Gasteiger partial charge in [-0.25, -0.2) is 4.98 Å². The van der Waals surface area contributed by atoms with Crippen molar-refractivity contribution in [3.05, 3.63) is 11.2 Å². The quantitative estimate of drug-likeness (QED) is 0.614. The highest BCUT2D eigenvalue weighted by atomic mass is 32.1. The standard InChI is InChI=1S/C5H8N2OS/c1-3(6)4-5(8)9-2-7-4/h2-3,8H,6H2,1H3. The molecule has 0 aromatic carbocycles. The van der Waals surface area contributed by atoms with Crippen LogP contribution in [0.1, 0.15) is 18.7 Å². The third-order valence-electron chi connectivity index (χ3n) is 1.01. The van der Waals surface area contributed by atoms with E-state index in [0.29, 0.717) is 5.69 Å². The van der Waals surface area contributed by atoms with Crippen LogP contribution >= 0.6 is 11.3 Å². The Bertz CT molecular complexity index is 197. The summed E-state index contributed by atoms with van der Waals surface area (Å²) in [7, 11) is 0. The third-order valence-corrected chi connectivity index (χ3v) is 1.65. The third kappa shape index (κ3) is 1.20. The fourth-order valence-electron chi connectivity index (χ4n) is 0.561. The van der Waals surface area contributed by atoms with Gasteiger partial charge in [0, 0.05) is 6.04 Å². The molecular formula is C5H8N2OS. The van der Waals surface area contributed by atoms with E-state index in [2.05, 4.69) is 4.98 Å². The first kappa shape index (κ1) is 6.51. The van der Waals surface area contributed by atoms with Gasteiger partial charge >= 0.3 is 0 Å². The molecule has 1 aromatic heterocycles. The molecule has 0 bridgehead atoms. The van der Waals surface area contributed by atoms with E-state index in [9.17, 15) is 0 Å². The largest absolute Gasteiger partial charge is 0.498 e. The number of aromatic nitrogens is 1. The van der Waals surface area contributed by atoms with Crippen LogP contribution in [0.5, 0.6) is 5.06 Å². The number of rotatable bonds is 1. The summed E-state index contributed by atoms with van der Waals surface area (Å²) in [6.07, 6.45) is 0. The minimum Gasteiger partial charge on any atom is -0.498 e. The Hall–Kier alpha value is -0.610. The molecule has 50 valence electrons. The average molecular weight is 144 g/mol. The molecule has 4 heteroatoms. The number of hydrogen-bond donors (Lipinski definition) is 2. The van der Waals surface area contributed by atoms with Crippen molar-refractivity contribution in [3.8, 4) is 5.06 Å². The second-order valence-corrected chi connectivity index (χ2v) is 2.66. The minimum atomic E-state index is -0.170. The first-order valence-corrected chi connectivity index (χ1v) is 3.47. The molecule has 1 heterocycles. The van der Waals surface area contributed by atoms with Crippen molar-refractivity contribution < 1.29 is 5.11 Å². The van der Waals surface area contributed by atoms with Gasteiger partial charge in [-0.05, 0) is 6.92 Å². The fraction of sp³-hybridized carbons (Fsp3) is 0.400. The summed E-state index contributed by atoms with van der Waals surface area (Å²) in [5, 5.41) is 9.22. The molecule has 3 nitrogen and oxygen atoms in total. The molecule has 9 heavy (non-hydrogen) atoms. The molecule has 0 aliphatic rings. The monoisotopic (exact) mass is 144 g/mol. The zero-order valence-corrected chi connectivity index (χ0v) is 5.85. The predicted molar refractivity (Wildman–Crippen MR) is 36.4 cm³/mol. The molecule has 0 aliphatic carbocycles. The second-order valence-electron chi connectivity index (χ2n) is 1.83. The van der Waals surface area contributed by atoms with Crippen molar-refractivity contribution in [2.24, 2.45) is 5.73 Å². The lowest BCUT2D eigenvalue weighted by Gasteiger charge is -1.98. The Morgan fingerprint density at radius 2 is 2.56 bits per heavy atom. The van der Waals surface area contributed by atoms with Crippen LogP contribution in [-0.2, 0) is 0 Å². The molecule has 1 aromatic rings. The van der Waals surface area contributed by atoms with Crippen molar-refractivity contribution in [2.75, 3.05) is 0 Å². The molecule has 3 N–H and O–H groups in total. The Balaban J connectivity index is 2.94. The molecule has 0 aliphatic heterocycles. The molecule has 0 saturated heterocycles. The van der Waals surface area contributed by atoms with Crippen LogP contribution in [-0.4, -0.2) is 10.1 Å². The van der Waals surface area contributed by atoms with E-state index in [1.165, 1.54) is 11.3 Å². The number of hydrogen-bond acceptors (Lipinski definition) is 4. The van der Waals surface area contributed by atoms with E-state index < -0.39 is 0 Å². The van der Waals surface area contributed by atoms with Crippen LogP contribution in [0, 0.1) is 0 Å². The summed E-state index contributed by atoms with van der Waals surface area (Å²) in [4.78, 5) is 3.86. The number of thiazole rings is 1. The van der Waals surface area contributed by atoms with Crippen LogP contribution < -0.4 is 5.73 Å². The maximum absolute atomic E-state index is 9.00. The SMILES string of the molecule is CC(N)c1ncsc1O. The average Bonchev–Trinajstić information content (AvgIpc) is 2.13.